The van der Waals surface area contributed by atoms with Gasteiger partial charge in [-0.2, -0.15) is 5.26 Å². The monoisotopic (exact) mass is 266 g/mol. The van der Waals surface area contributed by atoms with Gasteiger partial charge in [-0.25, -0.2) is 0 Å². The number of nitrogens with zero attached hydrogens (tertiary/aromatic N) is 1. The van der Waals surface area contributed by atoms with Crippen molar-refractivity contribution in [1.29, 1.82) is 5.26 Å². The van der Waals surface area contributed by atoms with Crippen molar-refractivity contribution in [2.45, 2.75) is 18.9 Å². The van der Waals surface area contributed by atoms with E-state index in [1.54, 1.807) is 12.1 Å². The number of benzene rings is 1. The maximum Gasteiger partial charge on any atom is 0.139 e. The van der Waals surface area contributed by atoms with Crippen molar-refractivity contribution < 1.29 is 5.11 Å². The zero-order chi connectivity index (χ0) is 11.0. The lowest BCUT2D eigenvalue weighted by atomic mass is 10.00. The molecule has 0 spiro atoms. The van der Waals surface area contributed by atoms with Crippen molar-refractivity contribution in [3.05, 3.63) is 27.7 Å². The van der Waals surface area contributed by atoms with E-state index < -0.39 is 0 Å². The van der Waals surface area contributed by atoms with Gasteiger partial charge in [0.25, 0.3) is 0 Å². The second-order valence-corrected chi connectivity index (χ2v) is 4.69. The fraction of sp³-hybridized carbons (Fsp3) is 0.364. The Hall–Kier alpha value is -1.05. The SMILES string of the molecule is N#Cc1ccc(Br)c([C@H](N)C2CC2)c1O. The van der Waals surface area contributed by atoms with Gasteiger partial charge in [0.15, 0.2) is 0 Å². The van der Waals surface area contributed by atoms with Crippen molar-refractivity contribution >= 4 is 15.9 Å². The zero-order valence-electron chi connectivity index (χ0n) is 8.07. The minimum Gasteiger partial charge on any atom is -0.506 e. The molecule has 0 saturated heterocycles. The number of hydrogen-bond acceptors (Lipinski definition) is 3. The molecule has 0 heterocycles. The topological polar surface area (TPSA) is 70.0 Å². The van der Waals surface area contributed by atoms with Gasteiger partial charge in [-0.05, 0) is 30.9 Å². The summed E-state index contributed by atoms with van der Waals surface area (Å²) in [6, 6.07) is 5.12. The molecule has 1 aliphatic carbocycles. The lowest BCUT2D eigenvalue weighted by Gasteiger charge is -2.15. The van der Waals surface area contributed by atoms with Crippen LogP contribution in [0.3, 0.4) is 0 Å². The van der Waals surface area contributed by atoms with Crippen LogP contribution in [0.25, 0.3) is 0 Å². The molecule has 1 atom stereocenters. The predicted octanol–water partition coefficient (Wildman–Crippen LogP) is 2.44. The number of aromatic hydroxyl groups is 1. The number of hydrogen-bond donors (Lipinski definition) is 2. The Labute approximate surface area is 96.6 Å². The number of nitrogens with two attached hydrogens (primary N) is 1. The smallest absolute Gasteiger partial charge is 0.139 e. The van der Waals surface area contributed by atoms with Crippen LogP contribution in [-0.4, -0.2) is 5.11 Å². The highest BCUT2D eigenvalue weighted by Gasteiger charge is 2.32. The third-order valence-electron chi connectivity index (χ3n) is 2.75. The van der Waals surface area contributed by atoms with Gasteiger partial charge in [0, 0.05) is 16.1 Å². The molecule has 1 aromatic rings. The van der Waals surface area contributed by atoms with Gasteiger partial charge in [0.2, 0.25) is 0 Å². The summed E-state index contributed by atoms with van der Waals surface area (Å²) in [6.45, 7) is 0. The molecule has 3 N–H and O–H groups in total. The van der Waals surface area contributed by atoms with E-state index in [-0.39, 0.29) is 17.4 Å². The first kappa shape index (κ1) is 10.5. The molecule has 1 fully saturated rings. The summed E-state index contributed by atoms with van der Waals surface area (Å²) in [7, 11) is 0. The third-order valence-corrected chi connectivity index (χ3v) is 3.44. The van der Waals surface area contributed by atoms with Crippen molar-refractivity contribution in [3.8, 4) is 11.8 Å². The standard InChI is InChI=1S/C11H11BrN2O/c12-8-4-3-7(5-13)11(15)9(8)10(14)6-1-2-6/h3-4,6,10,15H,1-2,14H2/t10-/m1/s1. The number of halogens is 1. The van der Waals surface area contributed by atoms with Gasteiger partial charge in [0.05, 0.1) is 5.56 Å². The van der Waals surface area contributed by atoms with Crippen LogP contribution in [0.4, 0.5) is 0 Å². The molecule has 3 nitrogen and oxygen atoms in total. The highest BCUT2D eigenvalue weighted by atomic mass is 79.9. The zero-order valence-corrected chi connectivity index (χ0v) is 9.66. The molecule has 2 rings (SSSR count). The number of rotatable bonds is 2. The molecule has 1 aromatic carbocycles. The van der Waals surface area contributed by atoms with Gasteiger partial charge in [0.1, 0.15) is 11.8 Å². The molecule has 4 heteroatoms. The number of nitriles is 1. The Balaban J connectivity index is 2.48. The molecule has 0 aliphatic heterocycles. The average Bonchev–Trinajstić information content (AvgIpc) is 3.01. The first-order chi connectivity index (χ1) is 7.15. The molecular weight excluding hydrogens is 256 g/mol. The van der Waals surface area contributed by atoms with Gasteiger partial charge in [-0.3, -0.25) is 0 Å². The normalized spacial score (nSPS) is 17.1. The summed E-state index contributed by atoms with van der Waals surface area (Å²) in [4.78, 5) is 0. The van der Waals surface area contributed by atoms with Crippen LogP contribution in [0.1, 0.15) is 30.0 Å². The first-order valence-electron chi connectivity index (χ1n) is 4.82. The molecule has 1 saturated carbocycles. The highest BCUT2D eigenvalue weighted by molar-refractivity contribution is 9.10. The highest BCUT2D eigenvalue weighted by Crippen LogP contribution is 2.45. The van der Waals surface area contributed by atoms with E-state index in [0.717, 1.165) is 17.3 Å². The first-order valence-corrected chi connectivity index (χ1v) is 5.61. The molecule has 78 valence electrons. The Morgan fingerprint density at radius 2 is 2.20 bits per heavy atom. The molecular formula is C11H11BrN2O. The van der Waals surface area contributed by atoms with Crippen LogP contribution < -0.4 is 5.73 Å². The summed E-state index contributed by atoms with van der Waals surface area (Å²) >= 11 is 3.36. The largest absolute Gasteiger partial charge is 0.506 e. The van der Waals surface area contributed by atoms with E-state index in [2.05, 4.69) is 15.9 Å². The summed E-state index contributed by atoms with van der Waals surface area (Å²) in [5.41, 5.74) is 6.97. The fourth-order valence-corrected chi connectivity index (χ4v) is 2.27. The van der Waals surface area contributed by atoms with Gasteiger partial charge >= 0.3 is 0 Å². The summed E-state index contributed by atoms with van der Waals surface area (Å²) in [6.07, 6.45) is 2.20. The molecule has 15 heavy (non-hydrogen) atoms. The lowest BCUT2D eigenvalue weighted by Crippen LogP contribution is -2.13. The van der Waals surface area contributed by atoms with Crippen molar-refractivity contribution in [2.24, 2.45) is 11.7 Å². The fourth-order valence-electron chi connectivity index (χ4n) is 1.68. The van der Waals surface area contributed by atoms with Crippen LogP contribution in [0.5, 0.6) is 5.75 Å². The Morgan fingerprint density at radius 3 is 2.73 bits per heavy atom. The quantitative estimate of drug-likeness (QED) is 0.864. The predicted molar refractivity (Wildman–Crippen MR) is 60.2 cm³/mol. The van der Waals surface area contributed by atoms with Crippen molar-refractivity contribution in [3.63, 3.8) is 0 Å². The average molecular weight is 267 g/mol. The van der Waals surface area contributed by atoms with Crippen LogP contribution in [0.2, 0.25) is 0 Å². The Bertz CT molecular complexity index is 435. The second kappa shape index (κ2) is 3.84. The molecule has 0 aromatic heterocycles. The van der Waals surface area contributed by atoms with E-state index in [4.69, 9.17) is 11.0 Å². The van der Waals surface area contributed by atoms with Gasteiger partial charge in [-0.15, -0.1) is 0 Å². The molecule has 0 bridgehead atoms. The third kappa shape index (κ3) is 1.85. The molecule has 0 radical (unpaired) electrons. The van der Waals surface area contributed by atoms with Crippen LogP contribution in [-0.2, 0) is 0 Å². The minimum atomic E-state index is -0.173. The van der Waals surface area contributed by atoms with E-state index in [1.165, 1.54) is 0 Å². The number of phenolic OH excluding ortho intramolecular Hbond substituents is 1. The number of phenols is 1. The maximum absolute atomic E-state index is 9.88. The van der Waals surface area contributed by atoms with Crippen LogP contribution >= 0.6 is 15.9 Å². The summed E-state index contributed by atoms with van der Waals surface area (Å²) in [5, 5.41) is 18.7. The van der Waals surface area contributed by atoms with Crippen LogP contribution in [0.15, 0.2) is 16.6 Å². The van der Waals surface area contributed by atoms with Crippen molar-refractivity contribution in [2.75, 3.05) is 0 Å². The lowest BCUT2D eigenvalue weighted by molar-refractivity contribution is 0.453. The Morgan fingerprint density at radius 1 is 1.53 bits per heavy atom. The van der Waals surface area contributed by atoms with E-state index >= 15 is 0 Å². The maximum atomic E-state index is 9.88. The molecule has 1 aliphatic rings. The minimum absolute atomic E-state index is 0.0197. The summed E-state index contributed by atoms with van der Waals surface area (Å²) in [5.74, 6) is 0.465. The molecule has 0 amide bonds. The van der Waals surface area contributed by atoms with Gasteiger partial charge < -0.3 is 10.8 Å². The second-order valence-electron chi connectivity index (χ2n) is 3.83. The van der Waals surface area contributed by atoms with E-state index in [0.29, 0.717) is 11.5 Å². The Kier molecular flexibility index (Phi) is 2.68. The van der Waals surface area contributed by atoms with E-state index in [1.807, 2.05) is 6.07 Å². The van der Waals surface area contributed by atoms with Gasteiger partial charge in [-0.1, -0.05) is 15.9 Å². The van der Waals surface area contributed by atoms with Crippen LogP contribution in [0, 0.1) is 17.2 Å². The van der Waals surface area contributed by atoms with E-state index in [9.17, 15) is 5.11 Å². The van der Waals surface area contributed by atoms with Crippen molar-refractivity contribution in [1.82, 2.24) is 0 Å². The molecule has 0 unspecified atom stereocenters. The summed E-state index contributed by atoms with van der Waals surface area (Å²) < 4.78 is 0.776.